The number of thiophene rings is 1. The van der Waals surface area contributed by atoms with E-state index in [4.69, 9.17) is 5.11 Å². The second kappa shape index (κ2) is 4.97. The highest BCUT2D eigenvalue weighted by Gasteiger charge is 2.17. The number of anilines is 1. The number of benzene rings is 1. The molecular weight excluding hydrogens is 257 g/mol. The number of carbonyl (C=O) groups is 2. The molecule has 2 rings (SSSR count). The summed E-state index contributed by atoms with van der Waals surface area (Å²) in [6.07, 6.45) is 0. The summed E-state index contributed by atoms with van der Waals surface area (Å²) in [6.45, 7) is 0. The summed E-state index contributed by atoms with van der Waals surface area (Å²) in [5.74, 6) is -2.60. The van der Waals surface area contributed by atoms with Crippen LogP contribution in [0.1, 0.15) is 20.0 Å². The monoisotopic (exact) mass is 265 g/mol. The van der Waals surface area contributed by atoms with E-state index in [2.05, 4.69) is 5.32 Å². The number of carboxylic acid groups (broad SMARTS) is 1. The highest BCUT2D eigenvalue weighted by molar-refractivity contribution is 7.12. The van der Waals surface area contributed by atoms with Crippen LogP contribution in [-0.4, -0.2) is 17.0 Å². The molecule has 6 heteroatoms. The lowest BCUT2D eigenvalue weighted by Crippen LogP contribution is -2.15. The van der Waals surface area contributed by atoms with E-state index in [9.17, 15) is 14.0 Å². The lowest BCUT2D eigenvalue weighted by Gasteiger charge is -2.08. The highest BCUT2D eigenvalue weighted by atomic mass is 32.1. The van der Waals surface area contributed by atoms with Crippen molar-refractivity contribution in [2.45, 2.75) is 0 Å². The van der Waals surface area contributed by atoms with Crippen molar-refractivity contribution in [1.29, 1.82) is 0 Å². The van der Waals surface area contributed by atoms with Gasteiger partial charge in [-0.1, -0.05) is 12.1 Å². The fourth-order valence-corrected chi connectivity index (χ4v) is 2.03. The molecule has 0 atom stereocenters. The second-order valence-corrected chi connectivity index (χ2v) is 4.35. The Labute approximate surface area is 106 Å². The van der Waals surface area contributed by atoms with Crippen molar-refractivity contribution >= 4 is 28.9 Å². The predicted octanol–water partition coefficient (Wildman–Crippen LogP) is 2.84. The molecule has 0 saturated carbocycles. The van der Waals surface area contributed by atoms with Crippen LogP contribution in [-0.2, 0) is 0 Å². The van der Waals surface area contributed by atoms with Crippen LogP contribution in [0.3, 0.4) is 0 Å². The van der Waals surface area contributed by atoms with Gasteiger partial charge in [-0.25, -0.2) is 9.18 Å². The van der Waals surface area contributed by atoms with Crippen molar-refractivity contribution in [2.24, 2.45) is 0 Å². The molecule has 0 saturated heterocycles. The van der Waals surface area contributed by atoms with E-state index in [1.54, 1.807) is 17.5 Å². The van der Waals surface area contributed by atoms with Crippen molar-refractivity contribution < 1.29 is 19.1 Å². The van der Waals surface area contributed by atoms with Crippen molar-refractivity contribution in [3.8, 4) is 0 Å². The Balaban J connectivity index is 2.34. The molecule has 1 aromatic heterocycles. The number of para-hydroxylation sites is 1. The van der Waals surface area contributed by atoms with Gasteiger partial charge in [0.25, 0.3) is 5.91 Å². The Kier molecular flexibility index (Phi) is 3.38. The molecule has 92 valence electrons. The van der Waals surface area contributed by atoms with Gasteiger partial charge in [0.05, 0.1) is 16.1 Å². The fourth-order valence-electron chi connectivity index (χ4n) is 1.41. The highest BCUT2D eigenvalue weighted by Crippen LogP contribution is 2.21. The Morgan fingerprint density at radius 1 is 1.22 bits per heavy atom. The average Bonchev–Trinajstić information content (AvgIpc) is 2.85. The molecule has 18 heavy (non-hydrogen) atoms. The number of hydrogen-bond donors (Lipinski definition) is 2. The van der Waals surface area contributed by atoms with Gasteiger partial charge in [-0.3, -0.25) is 4.79 Å². The zero-order valence-electron chi connectivity index (χ0n) is 9.01. The third-order valence-corrected chi connectivity index (χ3v) is 3.10. The first-order valence-corrected chi connectivity index (χ1v) is 5.84. The topological polar surface area (TPSA) is 66.4 Å². The van der Waals surface area contributed by atoms with Crippen LogP contribution in [0.25, 0.3) is 0 Å². The summed E-state index contributed by atoms with van der Waals surface area (Å²) < 4.78 is 13.5. The fraction of sp³-hybridized carbons (Fsp3) is 0. The van der Waals surface area contributed by atoms with Gasteiger partial charge in [0.15, 0.2) is 0 Å². The van der Waals surface area contributed by atoms with Gasteiger partial charge in [0.2, 0.25) is 0 Å². The van der Waals surface area contributed by atoms with Crippen LogP contribution < -0.4 is 5.32 Å². The van der Waals surface area contributed by atoms with E-state index in [0.29, 0.717) is 4.88 Å². The van der Waals surface area contributed by atoms with Gasteiger partial charge in [-0.05, 0) is 23.6 Å². The van der Waals surface area contributed by atoms with E-state index in [1.165, 1.54) is 23.5 Å². The van der Waals surface area contributed by atoms with Crippen LogP contribution in [0.15, 0.2) is 35.7 Å². The molecule has 1 amide bonds. The largest absolute Gasteiger partial charge is 0.478 e. The maximum Gasteiger partial charge on any atom is 0.337 e. The molecule has 1 aromatic carbocycles. The maximum absolute atomic E-state index is 13.5. The smallest absolute Gasteiger partial charge is 0.337 e. The minimum absolute atomic E-state index is 0.278. The summed E-state index contributed by atoms with van der Waals surface area (Å²) in [6, 6.07) is 6.85. The Morgan fingerprint density at radius 2 is 2.00 bits per heavy atom. The molecule has 0 bridgehead atoms. The lowest BCUT2D eigenvalue weighted by molar-refractivity contribution is 0.0697. The number of aromatic carboxylic acids is 1. The molecule has 0 aliphatic rings. The number of carbonyl (C=O) groups excluding carboxylic acids is 1. The van der Waals surface area contributed by atoms with Crippen LogP contribution in [0.5, 0.6) is 0 Å². The first-order chi connectivity index (χ1) is 8.59. The normalized spacial score (nSPS) is 10.1. The van der Waals surface area contributed by atoms with Crippen LogP contribution in [0, 0.1) is 5.82 Å². The Bertz CT molecular complexity index is 595. The van der Waals surface area contributed by atoms with Gasteiger partial charge in [0.1, 0.15) is 5.82 Å². The third kappa shape index (κ3) is 2.38. The molecule has 0 radical (unpaired) electrons. The van der Waals surface area contributed by atoms with Crippen molar-refractivity contribution in [1.82, 2.24) is 0 Å². The molecule has 2 aromatic rings. The first-order valence-electron chi connectivity index (χ1n) is 4.96. The molecule has 0 aliphatic heterocycles. The van der Waals surface area contributed by atoms with Crippen molar-refractivity contribution in [3.05, 3.63) is 52.0 Å². The van der Waals surface area contributed by atoms with E-state index in [0.717, 1.165) is 6.07 Å². The number of halogens is 1. The van der Waals surface area contributed by atoms with Gasteiger partial charge in [-0.15, -0.1) is 11.3 Å². The molecule has 4 nitrogen and oxygen atoms in total. The second-order valence-electron chi connectivity index (χ2n) is 3.40. The van der Waals surface area contributed by atoms with E-state index < -0.39 is 17.7 Å². The minimum Gasteiger partial charge on any atom is -0.478 e. The lowest BCUT2D eigenvalue weighted by atomic mass is 10.1. The molecule has 0 unspecified atom stereocenters. The third-order valence-electron chi connectivity index (χ3n) is 2.23. The SMILES string of the molecule is O=C(Nc1c(F)cccc1C(=O)O)c1cccs1. The van der Waals surface area contributed by atoms with E-state index >= 15 is 0 Å². The summed E-state index contributed by atoms with van der Waals surface area (Å²) in [5.41, 5.74) is -0.594. The number of nitrogens with one attached hydrogen (secondary N) is 1. The summed E-state index contributed by atoms with van der Waals surface area (Å²) in [7, 11) is 0. The molecule has 0 fully saturated rings. The zero-order chi connectivity index (χ0) is 13.1. The standard InChI is InChI=1S/C12H8FNO3S/c13-8-4-1-3-7(12(16)17)10(8)14-11(15)9-5-2-6-18-9/h1-6H,(H,14,15)(H,16,17). The van der Waals surface area contributed by atoms with Gasteiger partial charge in [0, 0.05) is 0 Å². The molecule has 0 aliphatic carbocycles. The Hall–Kier alpha value is -2.21. The number of amides is 1. The summed E-state index contributed by atoms with van der Waals surface area (Å²) >= 11 is 1.19. The Morgan fingerprint density at radius 3 is 2.61 bits per heavy atom. The predicted molar refractivity (Wildman–Crippen MR) is 65.6 cm³/mol. The van der Waals surface area contributed by atoms with Gasteiger partial charge in [-0.2, -0.15) is 0 Å². The van der Waals surface area contributed by atoms with E-state index in [1.807, 2.05) is 0 Å². The molecule has 0 spiro atoms. The van der Waals surface area contributed by atoms with Crippen LogP contribution in [0.2, 0.25) is 0 Å². The average molecular weight is 265 g/mol. The minimum atomic E-state index is -1.30. The number of rotatable bonds is 3. The number of carboxylic acids is 1. The number of hydrogen-bond acceptors (Lipinski definition) is 3. The summed E-state index contributed by atoms with van der Waals surface area (Å²) in [5, 5.41) is 12.9. The maximum atomic E-state index is 13.5. The van der Waals surface area contributed by atoms with Crippen molar-refractivity contribution in [3.63, 3.8) is 0 Å². The van der Waals surface area contributed by atoms with Crippen molar-refractivity contribution in [2.75, 3.05) is 5.32 Å². The molecular formula is C12H8FNO3S. The van der Waals surface area contributed by atoms with Gasteiger partial charge < -0.3 is 10.4 Å². The zero-order valence-corrected chi connectivity index (χ0v) is 9.83. The molecule has 2 N–H and O–H groups in total. The van der Waals surface area contributed by atoms with Gasteiger partial charge >= 0.3 is 5.97 Å². The van der Waals surface area contributed by atoms with Crippen LogP contribution in [0.4, 0.5) is 10.1 Å². The van der Waals surface area contributed by atoms with E-state index in [-0.39, 0.29) is 11.3 Å². The first kappa shape index (κ1) is 12.3. The molecule has 1 heterocycles. The summed E-state index contributed by atoms with van der Waals surface area (Å²) in [4.78, 5) is 23.1. The quantitative estimate of drug-likeness (QED) is 0.896. The van der Waals surface area contributed by atoms with Crippen LogP contribution >= 0.6 is 11.3 Å².